The molecule has 1 saturated carbocycles. The van der Waals surface area contributed by atoms with Crippen LogP contribution in [0.3, 0.4) is 0 Å². The third-order valence-electron chi connectivity index (χ3n) is 4.49. The maximum absolute atomic E-state index is 6.77. The van der Waals surface area contributed by atoms with Gasteiger partial charge >= 0.3 is 0 Å². The smallest absolute Gasteiger partial charge is 0.124 e. The van der Waals surface area contributed by atoms with Crippen LogP contribution >= 0.6 is 0 Å². The molecular formula is C16H25NO. The van der Waals surface area contributed by atoms with E-state index in [0.717, 1.165) is 12.2 Å². The van der Waals surface area contributed by atoms with Crippen molar-refractivity contribution in [2.24, 2.45) is 11.7 Å². The Morgan fingerprint density at radius 1 is 1.28 bits per heavy atom. The maximum atomic E-state index is 6.77. The van der Waals surface area contributed by atoms with Crippen molar-refractivity contribution < 1.29 is 4.74 Å². The Kier molecular flexibility index (Phi) is 3.67. The average Bonchev–Trinajstić information content (AvgIpc) is 2.31. The molecule has 0 aliphatic heterocycles. The number of ether oxygens (including phenoxy) is 1. The van der Waals surface area contributed by atoms with E-state index < -0.39 is 0 Å². The van der Waals surface area contributed by atoms with Crippen LogP contribution in [0.1, 0.15) is 49.3 Å². The molecule has 2 rings (SSSR count). The summed E-state index contributed by atoms with van der Waals surface area (Å²) in [6, 6.07) is 4.33. The van der Waals surface area contributed by atoms with Gasteiger partial charge in [0, 0.05) is 11.1 Å². The van der Waals surface area contributed by atoms with Crippen LogP contribution < -0.4 is 10.5 Å². The van der Waals surface area contributed by atoms with Gasteiger partial charge in [-0.15, -0.1) is 0 Å². The van der Waals surface area contributed by atoms with E-state index in [9.17, 15) is 0 Å². The van der Waals surface area contributed by atoms with E-state index in [1.807, 2.05) is 0 Å². The molecule has 0 bridgehead atoms. The monoisotopic (exact) mass is 247 g/mol. The standard InChI is InChI=1S/C16H25NO/c1-11-9-12(2)15(14(10-11)18-4)16(17)8-6-5-7-13(16)3/h9-10,13H,5-8,17H2,1-4H3. The SMILES string of the molecule is COc1cc(C)cc(C)c1C1(N)CCCCC1C. The molecular weight excluding hydrogens is 222 g/mol. The average molecular weight is 247 g/mol. The lowest BCUT2D eigenvalue weighted by Gasteiger charge is -2.41. The predicted octanol–water partition coefficient (Wildman–Crippen LogP) is 3.68. The van der Waals surface area contributed by atoms with E-state index in [4.69, 9.17) is 10.5 Å². The summed E-state index contributed by atoms with van der Waals surface area (Å²) in [5.74, 6) is 1.48. The van der Waals surface area contributed by atoms with Crippen molar-refractivity contribution in [3.63, 3.8) is 0 Å². The molecule has 0 heterocycles. The molecule has 1 aromatic carbocycles. The second-order valence-electron chi connectivity index (χ2n) is 5.85. The Labute approximate surface area is 111 Å². The minimum Gasteiger partial charge on any atom is -0.496 e. The van der Waals surface area contributed by atoms with Crippen LogP contribution in [-0.4, -0.2) is 7.11 Å². The zero-order valence-electron chi connectivity index (χ0n) is 12.0. The third kappa shape index (κ3) is 2.14. The van der Waals surface area contributed by atoms with Gasteiger partial charge in [0.2, 0.25) is 0 Å². The summed E-state index contributed by atoms with van der Waals surface area (Å²) < 4.78 is 5.59. The van der Waals surface area contributed by atoms with Gasteiger partial charge in [0.1, 0.15) is 5.75 Å². The largest absolute Gasteiger partial charge is 0.496 e. The van der Waals surface area contributed by atoms with Crippen molar-refractivity contribution in [1.82, 2.24) is 0 Å². The Morgan fingerprint density at radius 2 is 2.00 bits per heavy atom. The first-order chi connectivity index (χ1) is 8.49. The van der Waals surface area contributed by atoms with Gasteiger partial charge in [0.15, 0.2) is 0 Å². The predicted molar refractivity (Wildman–Crippen MR) is 76.0 cm³/mol. The van der Waals surface area contributed by atoms with Gasteiger partial charge in [-0.3, -0.25) is 0 Å². The van der Waals surface area contributed by atoms with Gasteiger partial charge in [0.25, 0.3) is 0 Å². The van der Waals surface area contributed by atoms with E-state index >= 15 is 0 Å². The van der Waals surface area contributed by atoms with Crippen LogP contribution in [0, 0.1) is 19.8 Å². The number of aryl methyl sites for hydroxylation is 2. The lowest BCUT2D eigenvalue weighted by atomic mass is 9.69. The number of benzene rings is 1. The van der Waals surface area contributed by atoms with Crippen molar-refractivity contribution in [3.05, 3.63) is 28.8 Å². The summed E-state index contributed by atoms with van der Waals surface area (Å²) >= 11 is 0. The number of methoxy groups -OCH3 is 1. The van der Waals surface area contributed by atoms with Crippen LogP contribution in [0.5, 0.6) is 5.75 Å². The molecule has 2 unspecified atom stereocenters. The highest BCUT2D eigenvalue weighted by Crippen LogP contribution is 2.44. The highest BCUT2D eigenvalue weighted by atomic mass is 16.5. The lowest BCUT2D eigenvalue weighted by molar-refractivity contribution is 0.200. The Bertz CT molecular complexity index is 441. The van der Waals surface area contributed by atoms with E-state index in [-0.39, 0.29) is 5.54 Å². The molecule has 1 aliphatic carbocycles. The zero-order chi connectivity index (χ0) is 13.3. The first-order valence-electron chi connectivity index (χ1n) is 6.93. The second kappa shape index (κ2) is 4.93. The third-order valence-corrected chi connectivity index (χ3v) is 4.49. The summed E-state index contributed by atoms with van der Waals surface area (Å²) in [7, 11) is 1.74. The molecule has 100 valence electrons. The molecule has 2 N–H and O–H groups in total. The second-order valence-corrected chi connectivity index (χ2v) is 5.85. The Morgan fingerprint density at radius 3 is 2.61 bits per heavy atom. The highest BCUT2D eigenvalue weighted by molar-refractivity contribution is 5.48. The highest BCUT2D eigenvalue weighted by Gasteiger charge is 2.39. The molecule has 0 amide bonds. The fourth-order valence-electron chi connectivity index (χ4n) is 3.43. The number of hydrogen-bond donors (Lipinski definition) is 1. The molecule has 2 heteroatoms. The Hall–Kier alpha value is -1.02. The molecule has 2 nitrogen and oxygen atoms in total. The normalized spacial score (nSPS) is 28.2. The molecule has 0 aromatic heterocycles. The molecule has 1 fully saturated rings. The lowest BCUT2D eigenvalue weighted by Crippen LogP contribution is -2.45. The van der Waals surface area contributed by atoms with Gasteiger partial charge in [-0.2, -0.15) is 0 Å². The van der Waals surface area contributed by atoms with E-state index in [0.29, 0.717) is 5.92 Å². The number of nitrogens with two attached hydrogens (primary N) is 1. The molecule has 0 spiro atoms. The summed E-state index contributed by atoms with van der Waals surface area (Å²) in [5.41, 5.74) is 10.3. The van der Waals surface area contributed by atoms with Crippen molar-refractivity contribution in [3.8, 4) is 5.75 Å². The minimum absolute atomic E-state index is 0.221. The topological polar surface area (TPSA) is 35.2 Å². The maximum Gasteiger partial charge on any atom is 0.124 e. The number of rotatable bonds is 2. The van der Waals surface area contributed by atoms with Gasteiger partial charge in [-0.05, 0) is 49.8 Å². The van der Waals surface area contributed by atoms with E-state index in [1.165, 1.54) is 36.0 Å². The van der Waals surface area contributed by atoms with Crippen LogP contribution in [0.15, 0.2) is 12.1 Å². The number of hydrogen-bond acceptors (Lipinski definition) is 2. The minimum atomic E-state index is -0.221. The van der Waals surface area contributed by atoms with Crippen molar-refractivity contribution in [1.29, 1.82) is 0 Å². The molecule has 1 aromatic rings. The summed E-state index contributed by atoms with van der Waals surface area (Å²) in [4.78, 5) is 0. The van der Waals surface area contributed by atoms with Crippen molar-refractivity contribution in [2.45, 2.75) is 52.0 Å². The summed E-state index contributed by atoms with van der Waals surface area (Å²) in [5, 5.41) is 0. The quantitative estimate of drug-likeness (QED) is 0.865. The van der Waals surface area contributed by atoms with Gasteiger partial charge in [0.05, 0.1) is 7.11 Å². The van der Waals surface area contributed by atoms with Gasteiger partial charge < -0.3 is 10.5 Å². The molecule has 1 aliphatic rings. The Balaban J connectivity index is 2.55. The molecule has 18 heavy (non-hydrogen) atoms. The van der Waals surface area contributed by atoms with Gasteiger partial charge in [-0.1, -0.05) is 25.8 Å². The van der Waals surface area contributed by atoms with Crippen LogP contribution in [0.4, 0.5) is 0 Å². The fraction of sp³-hybridized carbons (Fsp3) is 0.625. The zero-order valence-corrected chi connectivity index (χ0v) is 12.0. The van der Waals surface area contributed by atoms with Gasteiger partial charge in [-0.25, -0.2) is 0 Å². The summed E-state index contributed by atoms with van der Waals surface area (Å²) in [6.07, 6.45) is 4.80. The van der Waals surface area contributed by atoms with E-state index in [2.05, 4.69) is 32.9 Å². The molecule has 0 saturated heterocycles. The fourth-order valence-corrected chi connectivity index (χ4v) is 3.43. The van der Waals surface area contributed by atoms with Crippen LogP contribution in [0.2, 0.25) is 0 Å². The first-order valence-corrected chi connectivity index (χ1v) is 6.93. The van der Waals surface area contributed by atoms with Crippen LogP contribution in [-0.2, 0) is 5.54 Å². The van der Waals surface area contributed by atoms with Crippen LogP contribution in [0.25, 0.3) is 0 Å². The first kappa shape index (κ1) is 13.4. The summed E-state index contributed by atoms with van der Waals surface area (Å²) in [6.45, 7) is 6.53. The molecule has 2 atom stereocenters. The van der Waals surface area contributed by atoms with E-state index in [1.54, 1.807) is 7.11 Å². The van der Waals surface area contributed by atoms with Crippen molar-refractivity contribution in [2.75, 3.05) is 7.11 Å². The van der Waals surface area contributed by atoms with Crippen molar-refractivity contribution >= 4 is 0 Å². The molecule has 0 radical (unpaired) electrons.